The maximum atomic E-state index is 11.9. The average Bonchev–Trinajstić information content (AvgIpc) is 2.60. The summed E-state index contributed by atoms with van der Waals surface area (Å²) in [6, 6.07) is 7.11. The topological polar surface area (TPSA) is 90.6 Å². The molecule has 6 heteroatoms. The van der Waals surface area contributed by atoms with E-state index in [4.69, 9.17) is 10.5 Å². The van der Waals surface area contributed by atoms with Crippen LogP contribution in [0, 0.1) is 11.8 Å². The molecule has 1 atom stereocenters. The normalized spacial score (nSPS) is 11.7. The van der Waals surface area contributed by atoms with Gasteiger partial charge in [-0.15, -0.1) is 0 Å². The highest BCUT2D eigenvalue weighted by atomic mass is 16.6. The molecular weight excluding hydrogens is 344 g/mol. The van der Waals surface area contributed by atoms with Gasteiger partial charge in [-0.25, -0.2) is 9.59 Å². The lowest BCUT2D eigenvalue weighted by atomic mass is 10.0. The first-order valence-electron chi connectivity index (χ1n) is 9.09. The third-order valence-corrected chi connectivity index (χ3v) is 3.58. The predicted molar refractivity (Wildman–Crippen MR) is 105 cm³/mol. The molecule has 0 aliphatic heterocycles. The summed E-state index contributed by atoms with van der Waals surface area (Å²) < 4.78 is 9.84. The minimum Gasteiger partial charge on any atom is -0.467 e. The van der Waals surface area contributed by atoms with Crippen molar-refractivity contribution in [2.45, 2.75) is 58.1 Å². The number of carbonyl (C=O) groups excluding carboxylic acids is 2. The van der Waals surface area contributed by atoms with Crippen molar-refractivity contribution < 1.29 is 19.1 Å². The molecule has 0 unspecified atom stereocenters. The second-order valence-electron chi connectivity index (χ2n) is 7.16. The molecule has 0 fully saturated rings. The van der Waals surface area contributed by atoms with Gasteiger partial charge in [-0.1, -0.05) is 36.1 Å². The van der Waals surface area contributed by atoms with E-state index in [1.807, 2.05) is 12.1 Å². The molecule has 0 heterocycles. The van der Waals surface area contributed by atoms with Gasteiger partial charge in [0.05, 0.1) is 7.11 Å². The number of benzene rings is 1. The fraction of sp³-hybridized carbons (Fsp3) is 0.524. The fourth-order valence-electron chi connectivity index (χ4n) is 2.25. The molecule has 0 aliphatic carbocycles. The summed E-state index contributed by atoms with van der Waals surface area (Å²) in [5, 5.41) is 2.43. The molecule has 148 valence electrons. The molecule has 0 bridgehead atoms. The Kier molecular flexibility index (Phi) is 9.38. The van der Waals surface area contributed by atoms with Gasteiger partial charge >= 0.3 is 12.1 Å². The Morgan fingerprint density at radius 1 is 1.15 bits per heavy atom. The van der Waals surface area contributed by atoms with Crippen LogP contribution in [0.4, 0.5) is 4.79 Å². The number of amides is 1. The van der Waals surface area contributed by atoms with Gasteiger partial charge in [-0.3, -0.25) is 5.32 Å². The van der Waals surface area contributed by atoms with Crippen molar-refractivity contribution in [1.29, 1.82) is 0 Å². The molecular formula is C21H30N2O4. The molecule has 27 heavy (non-hydrogen) atoms. The molecule has 0 aromatic heterocycles. The molecule has 0 saturated carbocycles. The summed E-state index contributed by atoms with van der Waals surface area (Å²) in [6.07, 6.45) is 2.86. The van der Waals surface area contributed by atoms with E-state index in [1.165, 1.54) is 12.7 Å². The van der Waals surface area contributed by atoms with Crippen LogP contribution in [-0.4, -0.2) is 37.4 Å². The van der Waals surface area contributed by atoms with E-state index < -0.39 is 23.7 Å². The van der Waals surface area contributed by atoms with Gasteiger partial charge in [-0.05, 0) is 57.7 Å². The highest BCUT2D eigenvalue weighted by Crippen LogP contribution is 2.09. The Morgan fingerprint density at radius 3 is 2.33 bits per heavy atom. The van der Waals surface area contributed by atoms with Crippen LogP contribution < -0.4 is 11.1 Å². The van der Waals surface area contributed by atoms with Crippen LogP contribution in [0.1, 0.15) is 44.7 Å². The number of aryl methyl sites for hydroxylation is 1. The number of carbonyl (C=O) groups is 2. The van der Waals surface area contributed by atoms with Gasteiger partial charge in [-0.2, -0.15) is 0 Å². The van der Waals surface area contributed by atoms with E-state index in [2.05, 4.69) is 34.0 Å². The summed E-state index contributed by atoms with van der Waals surface area (Å²) in [5.41, 5.74) is 7.14. The number of alkyl carbamates (subject to hydrolysis) is 1. The van der Waals surface area contributed by atoms with Gasteiger partial charge < -0.3 is 15.2 Å². The van der Waals surface area contributed by atoms with Crippen molar-refractivity contribution in [3.8, 4) is 11.8 Å². The standard InChI is InChI=1S/C21H30N2O4/c1-21(2,3)27-20(25)23-18(19(24)26-4)10-7-9-17-13-11-16(12-14-17)8-5-6-15-22/h11-14,18H,5-6,8-9,15,22H2,1-4H3,(H,23,25)/t18-/m1/s1. The lowest BCUT2D eigenvalue weighted by molar-refractivity contribution is -0.141. The number of ether oxygens (including phenoxy) is 2. The first kappa shape index (κ1) is 22.5. The lowest BCUT2D eigenvalue weighted by Crippen LogP contribution is -2.43. The van der Waals surface area contributed by atoms with Crippen molar-refractivity contribution in [2.24, 2.45) is 5.73 Å². The number of nitrogens with two attached hydrogens (primary N) is 1. The van der Waals surface area contributed by atoms with E-state index in [1.54, 1.807) is 20.8 Å². The number of rotatable bonds is 7. The molecule has 1 aromatic rings. The quantitative estimate of drug-likeness (QED) is 0.435. The van der Waals surface area contributed by atoms with Crippen LogP contribution in [0.15, 0.2) is 24.3 Å². The highest BCUT2D eigenvalue weighted by Gasteiger charge is 2.23. The maximum Gasteiger partial charge on any atom is 0.409 e. The first-order chi connectivity index (χ1) is 12.7. The van der Waals surface area contributed by atoms with Crippen molar-refractivity contribution in [3.63, 3.8) is 0 Å². The third kappa shape index (κ3) is 9.66. The third-order valence-electron chi connectivity index (χ3n) is 3.58. The number of hydrogen-bond acceptors (Lipinski definition) is 5. The molecule has 0 saturated heterocycles. The van der Waals surface area contributed by atoms with E-state index >= 15 is 0 Å². The SMILES string of the molecule is COC(=O)[C@@H](C#CCc1ccc(CCCCN)cc1)NC(=O)OC(C)(C)C. The van der Waals surface area contributed by atoms with Gasteiger partial charge in [0.2, 0.25) is 0 Å². The summed E-state index contributed by atoms with van der Waals surface area (Å²) in [6.45, 7) is 5.94. The number of esters is 1. The summed E-state index contributed by atoms with van der Waals surface area (Å²) >= 11 is 0. The zero-order chi connectivity index (χ0) is 20.3. The van der Waals surface area contributed by atoms with E-state index in [-0.39, 0.29) is 0 Å². The number of hydrogen-bond donors (Lipinski definition) is 2. The van der Waals surface area contributed by atoms with Crippen molar-refractivity contribution in [1.82, 2.24) is 5.32 Å². The van der Waals surface area contributed by atoms with E-state index in [0.29, 0.717) is 13.0 Å². The zero-order valence-electron chi connectivity index (χ0n) is 16.6. The maximum absolute atomic E-state index is 11.9. The second kappa shape index (κ2) is 11.2. The predicted octanol–water partition coefficient (Wildman–Crippen LogP) is 2.58. The van der Waals surface area contributed by atoms with Crippen molar-refractivity contribution in [3.05, 3.63) is 35.4 Å². The molecule has 1 aromatic carbocycles. The Hall–Kier alpha value is -2.52. The van der Waals surface area contributed by atoms with Gasteiger partial charge in [0.15, 0.2) is 6.04 Å². The summed E-state index contributed by atoms with van der Waals surface area (Å²) in [7, 11) is 1.25. The zero-order valence-corrected chi connectivity index (χ0v) is 16.6. The molecule has 3 N–H and O–H groups in total. The van der Waals surface area contributed by atoms with Crippen LogP contribution in [0.25, 0.3) is 0 Å². The fourth-order valence-corrected chi connectivity index (χ4v) is 2.25. The number of methoxy groups -OCH3 is 1. The van der Waals surface area contributed by atoms with Crippen LogP contribution in [-0.2, 0) is 27.1 Å². The van der Waals surface area contributed by atoms with Crippen LogP contribution >= 0.6 is 0 Å². The highest BCUT2D eigenvalue weighted by molar-refractivity contribution is 5.84. The molecule has 0 spiro atoms. The lowest BCUT2D eigenvalue weighted by Gasteiger charge is -2.20. The van der Waals surface area contributed by atoms with Crippen molar-refractivity contribution in [2.75, 3.05) is 13.7 Å². The van der Waals surface area contributed by atoms with Gasteiger partial charge in [0, 0.05) is 6.42 Å². The molecule has 1 rings (SSSR count). The largest absolute Gasteiger partial charge is 0.467 e. The van der Waals surface area contributed by atoms with Gasteiger partial charge in [0.1, 0.15) is 5.60 Å². The van der Waals surface area contributed by atoms with Crippen LogP contribution in [0.2, 0.25) is 0 Å². The Balaban J connectivity index is 2.65. The van der Waals surface area contributed by atoms with Crippen LogP contribution in [0.5, 0.6) is 0 Å². The smallest absolute Gasteiger partial charge is 0.409 e. The number of unbranched alkanes of at least 4 members (excludes halogenated alkanes) is 1. The van der Waals surface area contributed by atoms with Crippen LogP contribution in [0.3, 0.4) is 0 Å². The monoisotopic (exact) mass is 374 g/mol. The summed E-state index contributed by atoms with van der Waals surface area (Å²) in [5.74, 6) is 5.03. The Bertz CT molecular complexity index is 666. The average molecular weight is 374 g/mol. The Labute approximate surface area is 161 Å². The number of nitrogens with one attached hydrogen (secondary N) is 1. The Morgan fingerprint density at radius 2 is 1.78 bits per heavy atom. The molecule has 0 radical (unpaired) electrons. The second-order valence-corrected chi connectivity index (χ2v) is 7.16. The van der Waals surface area contributed by atoms with E-state index in [0.717, 1.165) is 24.8 Å². The summed E-state index contributed by atoms with van der Waals surface area (Å²) in [4.78, 5) is 23.7. The van der Waals surface area contributed by atoms with Gasteiger partial charge in [0.25, 0.3) is 0 Å². The first-order valence-corrected chi connectivity index (χ1v) is 9.09. The minimum atomic E-state index is -1.07. The molecule has 6 nitrogen and oxygen atoms in total. The van der Waals surface area contributed by atoms with E-state index in [9.17, 15) is 9.59 Å². The molecule has 1 amide bonds. The van der Waals surface area contributed by atoms with Crippen molar-refractivity contribution >= 4 is 12.1 Å². The molecule has 0 aliphatic rings. The minimum absolute atomic E-state index is 0.465.